The van der Waals surface area contributed by atoms with Gasteiger partial charge in [-0.2, -0.15) is 0 Å². The number of nitro benzene ring substituents is 1. The molecule has 1 aromatic rings. The number of nitro groups is 1. The molecule has 1 rings (SSSR count). The van der Waals surface area contributed by atoms with Crippen molar-refractivity contribution in [1.82, 2.24) is 5.32 Å². The fourth-order valence-electron chi connectivity index (χ4n) is 1.11. The average Bonchev–Trinajstić information content (AvgIpc) is 2.31. The first-order chi connectivity index (χ1) is 8.43. The first-order valence-corrected chi connectivity index (χ1v) is 5.77. The number of nitrogens with one attached hydrogen (secondary N) is 2. The minimum atomic E-state index is -0.596. The Hall–Kier alpha value is -1.73. The number of thiocarbonyl (C=S) groups is 1. The smallest absolute Gasteiger partial charge is 0.289 e. The fraction of sp³-hybridized carbons (Fsp3) is 0.200. The molecule has 0 unspecified atom stereocenters. The molecule has 0 aliphatic heterocycles. The number of benzene rings is 1. The number of carbonyl (C=O) groups is 1. The van der Waals surface area contributed by atoms with Crippen molar-refractivity contribution in [3.63, 3.8) is 0 Å². The van der Waals surface area contributed by atoms with Gasteiger partial charge in [0.15, 0.2) is 5.11 Å². The van der Waals surface area contributed by atoms with Crippen LogP contribution in [0.5, 0.6) is 0 Å². The molecular weight excluding hydrogens is 278 g/mol. The first-order valence-electron chi connectivity index (χ1n) is 4.98. The molecule has 0 saturated carbocycles. The molecule has 0 bridgehead atoms. The molecule has 18 heavy (non-hydrogen) atoms. The summed E-state index contributed by atoms with van der Waals surface area (Å²) in [6, 6.07) is 4.15. The zero-order valence-electron chi connectivity index (χ0n) is 9.40. The Morgan fingerprint density at radius 2 is 2.22 bits per heavy atom. The van der Waals surface area contributed by atoms with Crippen LogP contribution in [0.25, 0.3) is 0 Å². The van der Waals surface area contributed by atoms with Gasteiger partial charge in [-0.25, -0.2) is 0 Å². The van der Waals surface area contributed by atoms with Crippen LogP contribution in [0.1, 0.15) is 13.3 Å². The Morgan fingerprint density at radius 1 is 1.56 bits per heavy atom. The molecule has 0 fully saturated rings. The Labute approximate surface area is 113 Å². The molecule has 1 aromatic carbocycles. The Balaban J connectivity index is 2.79. The summed E-state index contributed by atoms with van der Waals surface area (Å²) in [4.78, 5) is 21.2. The summed E-state index contributed by atoms with van der Waals surface area (Å²) in [6.45, 7) is 1.69. The maximum absolute atomic E-state index is 11.1. The summed E-state index contributed by atoms with van der Waals surface area (Å²) >= 11 is 10.5. The van der Waals surface area contributed by atoms with Gasteiger partial charge in [0, 0.05) is 18.2 Å². The predicted octanol–water partition coefficient (Wildman–Crippen LogP) is 2.47. The van der Waals surface area contributed by atoms with Gasteiger partial charge in [0.05, 0.1) is 4.92 Å². The lowest BCUT2D eigenvalue weighted by molar-refractivity contribution is -0.384. The second-order valence-electron chi connectivity index (χ2n) is 3.28. The molecule has 0 heterocycles. The number of nitrogens with zero attached hydrogens (tertiary/aromatic N) is 1. The summed E-state index contributed by atoms with van der Waals surface area (Å²) in [7, 11) is 0. The van der Waals surface area contributed by atoms with E-state index in [9.17, 15) is 14.9 Å². The van der Waals surface area contributed by atoms with E-state index in [1.807, 2.05) is 0 Å². The van der Waals surface area contributed by atoms with Crippen LogP contribution in [0.4, 0.5) is 11.4 Å². The molecule has 0 spiro atoms. The van der Waals surface area contributed by atoms with Crippen molar-refractivity contribution >= 4 is 46.2 Å². The lowest BCUT2D eigenvalue weighted by Crippen LogP contribution is -2.33. The Kier molecular flexibility index (Phi) is 4.99. The van der Waals surface area contributed by atoms with Gasteiger partial charge in [-0.1, -0.05) is 18.5 Å². The molecule has 96 valence electrons. The molecule has 2 N–H and O–H groups in total. The van der Waals surface area contributed by atoms with Crippen molar-refractivity contribution in [1.29, 1.82) is 0 Å². The Morgan fingerprint density at radius 3 is 2.78 bits per heavy atom. The van der Waals surface area contributed by atoms with Crippen LogP contribution < -0.4 is 10.6 Å². The highest BCUT2D eigenvalue weighted by molar-refractivity contribution is 7.80. The number of carbonyl (C=O) groups excluding carboxylic acids is 1. The van der Waals surface area contributed by atoms with Gasteiger partial charge in [0.25, 0.3) is 5.69 Å². The third-order valence-electron chi connectivity index (χ3n) is 1.97. The molecule has 0 aliphatic carbocycles. The van der Waals surface area contributed by atoms with Crippen molar-refractivity contribution in [3.8, 4) is 0 Å². The van der Waals surface area contributed by atoms with Crippen molar-refractivity contribution in [2.24, 2.45) is 0 Å². The molecule has 0 saturated heterocycles. The van der Waals surface area contributed by atoms with Crippen LogP contribution in [0.3, 0.4) is 0 Å². The highest BCUT2D eigenvalue weighted by Gasteiger charge is 2.13. The minimum Gasteiger partial charge on any atom is -0.332 e. The van der Waals surface area contributed by atoms with Gasteiger partial charge < -0.3 is 10.6 Å². The van der Waals surface area contributed by atoms with Gasteiger partial charge in [0.1, 0.15) is 5.02 Å². The maximum Gasteiger partial charge on any atom is 0.289 e. The topological polar surface area (TPSA) is 84.3 Å². The SMILES string of the molecule is CCC(=O)NC(=S)Nc1ccc(Cl)c([N+](=O)[O-])c1. The van der Waals surface area contributed by atoms with Crippen molar-refractivity contribution in [2.75, 3.05) is 5.32 Å². The molecular formula is C10H10ClN3O3S. The van der Waals surface area contributed by atoms with Crippen LogP contribution in [-0.2, 0) is 4.79 Å². The van der Waals surface area contributed by atoms with E-state index < -0.39 is 4.92 Å². The number of hydrogen-bond donors (Lipinski definition) is 2. The molecule has 8 heteroatoms. The van der Waals surface area contributed by atoms with E-state index in [2.05, 4.69) is 10.6 Å². The molecule has 0 radical (unpaired) electrons. The van der Waals surface area contributed by atoms with Crippen LogP contribution >= 0.6 is 23.8 Å². The quantitative estimate of drug-likeness (QED) is 0.507. The van der Waals surface area contributed by atoms with E-state index in [1.165, 1.54) is 18.2 Å². The molecule has 6 nitrogen and oxygen atoms in total. The van der Waals surface area contributed by atoms with E-state index >= 15 is 0 Å². The monoisotopic (exact) mass is 287 g/mol. The average molecular weight is 288 g/mol. The highest BCUT2D eigenvalue weighted by atomic mass is 35.5. The normalized spacial score (nSPS) is 9.67. The second kappa shape index (κ2) is 6.27. The summed E-state index contributed by atoms with van der Waals surface area (Å²) in [5.41, 5.74) is 0.152. The lowest BCUT2D eigenvalue weighted by Gasteiger charge is -2.08. The van der Waals surface area contributed by atoms with E-state index in [0.717, 1.165) is 0 Å². The summed E-state index contributed by atoms with van der Waals surface area (Å²) in [5.74, 6) is -0.240. The third kappa shape index (κ3) is 3.94. The number of rotatable bonds is 3. The van der Waals surface area contributed by atoms with E-state index in [4.69, 9.17) is 23.8 Å². The van der Waals surface area contributed by atoms with Gasteiger partial charge in [-0.3, -0.25) is 14.9 Å². The number of anilines is 1. The standard InChI is InChI=1S/C10H10ClN3O3S/c1-2-9(15)13-10(18)12-6-3-4-7(11)8(5-6)14(16)17/h3-5H,2H2,1H3,(H2,12,13,15,18). The summed E-state index contributed by atoms with van der Waals surface area (Å²) < 4.78 is 0. The first kappa shape index (κ1) is 14.3. The lowest BCUT2D eigenvalue weighted by atomic mass is 10.3. The highest BCUT2D eigenvalue weighted by Crippen LogP contribution is 2.27. The van der Waals surface area contributed by atoms with E-state index in [-0.39, 0.29) is 21.7 Å². The Bertz CT molecular complexity index is 507. The van der Waals surface area contributed by atoms with Gasteiger partial charge in [-0.15, -0.1) is 0 Å². The van der Waals surface area contributed by atoms with E-state index in [1.54, 1.807) is 6.92 Å². The van der Waals surface area contributed by atoms with Gasteiger partial charge in [0.2, 0.25) is 5.91 Å². The maximum atomic E-state index is 11.1. The minimum absolute atomic E-state index is 0.0362. The van der Waals surface area contributed by atoms with Gasteiger partial charge >= 0.3 is 0 Å². The molecule has 0 aromatic heterocycles. The molecule has 0 atom stereocenters. The molecule has 0 aliphatic rings. The third-order valence-corrected chi connectivity index (χ3v) is 2.50. The zero-order chi connectivity index (χ0) is 13.7. The van der Waals surface area contributed by atoms with Crippen molar-refractivity contribution in [2.45, 2.75) is 13.3 Å². The largest absolute Gasteiger partial charge is 0.332 e. The summed E-state index contributed by atoms with van der Waals surface area (Å²) in [5, 5.41) is 15.9. The summed E-state index contributed by atoms with van der Waals surface area (Å²) in [6.07, 6.45) is 0.294. The van der Waals surface area contributed by atoms with E-state index in [0.29, 0.717) is 12.1 Å². The van der Waals surface area contributed by atoms with Gasteiger partial charge in [-0.05, 0) is 24.4 Å². The second-order valence-corrected chi connectivity index (χ2v) is 4.09. The number of halogens is 1. The predicted molar refractivity (Wildman–Crippen MR) is 72.8 cm³/mol. The van der Waals surface area contributed by atoms with Crippen LogP contribution in [0.15, 0.2) is 18.2 Å². The number of amides is 1. The van der Waals surface area contributed by atoms with Crippen LogP contribution in [0.2, 0.25) is 5.02 Å². The fourth-order valence-corrected chi connectivity index (χ4v) is 1.53. The van der Waals surface area contributed by atoms with Crippen LogP contribution in [0, 0.1) is 10.1 Å². The van der Waals surface area contributed by atoms with Crippen molar-refractivity contribution < 1.29 is 9.72 Å². The number of hydrogen-bond acceptors (Lipinski definition) is 4. The zero-order valence-corrected chi connectivity index (χ0v) is 11.0. The molecule has 1 amide bonds. The van der Waals surface area contributed by atoms with Crippen molar-refractivity contribution in [3.05, 3.63) is 33.3 Å². The van der Waals surface area contributed by atoms with Crippen LogP contribution in [-0.4, -0.2) is 15.9 Å².